The zero-order valence-electron chi connectivity index (χ0n) is 28.1. The number of carboxylic acid groups (broad SMARTS) is 2. The summed E-state index contributed by atoms with van der Waals surface area (Å²) < 4.78 is 0. The third-order valence-corrected chi connectivity index (χ3v) is 9.78. The van der Waals surface area contributed by atoms with E-state index in [1.165, 1.54) is 0 Å². The average molecular weight is 683 g/mol. The van der Waals surface area contributed by atoms with Crippen molar-refractivity contribution < 1.29 is 29.4 Å². The lowest BCUT2D eigenvalue weighted by Crippen LogP contribution is -2.47. The third kappa shape index (κ3) is 7.31. The summed E-state index contributed by atoms with van der Waals surface area (Å²) in [6, 6.07) is 15.1. The minimum absolute atomic E-state index is 0.104. The van der Waals surface area contributed by atoms with E-state index in [0.717, 1.165) is 71.0 Å². The van der Waals surface area contributed by atoms with Gasteiger partial charge in [0.1, 0.15) is 11.6 Å². The largest absolute Gasteiger partial charge is 0.465 e. The normalized spacial score (nSPS) is 19.2. The molecule has 0 unspecified atom stereocenters. The molecule has 0 spiro atoms. The first-order valence-electron chi connectivity index (χ1n) is 17.1. The summed E-state index contributed by atoms with van der Waals surface area (Å²) in [6.45, 7) is 5.13. The molecule has 2 fully saturated rings. The van der Waals surface area contributed by atoms with Gasteiger partial charge in [-0.15, -0.1) is 0 Å². The lowest BCUT2D eigenvalue weighted by Gasteiger charge is -2.30. The lowest BCUT2D eigenvalue weighted by atomic mass is 10.0. The Balaban J connectivity index is 1.11. The number of hydrogen-bond acceptors (Lipinski definition) is 8. The van der Waals surface area contributed by atoms with Gasteiger partial charge in [0.15, 0.2) is 0 Å². The van der Waals surface area contributed by atoms with Crippen molar-refractivity contribution in [1.29, 1.82) is 0 Å². The monoisotopic (exact) mass is 682 g/mol. The van der Waals surface area contributed by atoms with E-state index in [9.17, 15) is 19.2 Å². The molecule has 0 bridgehead atoms. The number of H-pyrrole nitrogens is 2. The van der Waals surface area contributed by atoms with Gasteiger partial charge in [-0.05, 0) is 73.9 Å². The number of rotatable bonds is 11. The van der Waals surface area contributed by atoms with Gasteiger partial charge in [0.2, 0.25) is 11.8 Å². The third-order valence-electron chi connectivity index (χ3n) is 9.78. The van der Waals surface area contributed by atoms with E-state index in [0.29, 0.717) is 25.9 Å². The molecule has 6 N–H and O–H groups in total. The summed E-state index contributed by atoms with van der Waals surface area (Å²) in [6.07, 6.45) is 5.31. The number of aromatic amines is 2. The van der Waals surface area contributed by atoms with E-state index in [1.807, 2.05) is 58.5 Å². The highest BCUT2D eigenvalue weighted by atomic mass is 16.4. The van der Waals surface area contributed by atoms with Crippen LogP contribution in [0.15, 0.2) is 60.9 Å². The highest BCUT2D eigenvalue weighted by Gasteiger charge is 2.38. The number of aromatic nitrogens is 4. The predicted octanol–water partition coefficient (Wildman–Crippen LogP) is 5.55. The number of imidazole rings is 2. The number of hydrogen-bond donors (Lipinski definition) is 6. The molecule has 2 aromatic carbocycles. The van der Waals surface area contributed by atoms with Gasteiger partial charge >= 0.3 is 12.2 Å². The van der Waals surface area contributed by atoms with Gasteiger partial charge < -0.3 is 20.2 Å². The molecule has 6 rings (SSSR count). The van der Waals surface area contributed by atoms with Gasteiger partial charge in [0.05, 0.1) is 47.9 Å². The maximum atomic E-state index is 12.6. The Morgan fingerprint density at radius 2 is 1.04 bits per heavy atom. The highest BCUT2D eigenvalue weighted by molar-refractivity contribution is 5.94. The van der Waals surface area contributed by atoms with Gasteiger partial charge in [-0.25, -0.2) is 19.6 Å². The van der Waals surface area contributed by atoms with Crippen LogP contribution >= 0.6 is 0 Å². The highest BCUT2D eigenvalue weighted by Crippen LogP contribution is 2.36. The fourth-order valence-corrected chi connectivity index (χ4v) is 7.42. The maximum Gasteiger partial charge on any atom is 0.411 e. The van der Waals surface area contributed by atoms with Crippen molar-refractivity contribution in [2.45, 2.75) is 76.5 Å². The number of carbonyl (C=O) groups excluding carboxylic acids is 2. The molecule has 0 radical (unpaired) electrons. The molecule has 4 aromatic rings. The smallest absolute Gasteiger partial charge is 0.411 e. The molecular formula is C36H42N8O6. The molecule has 2 saturated heterocycles. The Bertz CT molecular complexity index is 1700. The first kappa shape index (κ1) is 34.5. The minimum Gasteiger partial charge on any atom is -0.465 e. The lowest BCUT2D eigenvalue weighted by molar-refractivity contribution is -0.127. The van der Waals surface area contributed by atoms with Crippen molar-refractivity contribution in [3.63, 3.8) is 0 Å². The summed E-state index contributed by atoms with van der Waals surface area (Å²) in [5.74, 6) is 0.492. The van der Waals surface area contributed by atoms with Gasteiger partial charge in [0, 0.05) is 0 Å². The van der Waals surface area contributed by atoms with Crippen LogP contribution in [0.3, 0.4) is 0 Å². The van der Waals surface area contributed by atoms with Crippen molar-refractivity contribution >= 4 is 24.0 Å². The molecule has 4 atom stereocenters. The molecule has 50 heavy (non-hydrogen) atoms. The van der Waals surface area contributed by atoms with Gasteiger partial charge in [0.25, 0.3) is 0 Å². The standard InChI is InChI=1S/C36H42N8O6/c1-3-27(33(45)41-35(47)48)43-17-5-7-29(43)31-37-19-25(39-31)23-13-9-21(10-14-23)22-11-15-24(16-12-22)26-20-38-32(40-26)30-8-6-18-44(30)28(4-2)34(46)42-36(49)50/h9-16,19-20,27-30H,3-8,17-18H2,1-2H3,(H,37,39)(H,38,40)(H,41,45)(H,42,46)(H,47,48)(H,49,50)/t27-,28-,29+,30+/m1/s1. The van der Waals surface area contributed by atoms with Crippen LogP contribution in [0.25, 0.3) is 33.6 Å². The molecule has 14 nitrogen and oxygen atoms in total. The summed E-state index contributed by atoms with van der Waals surface area (Å²) in [4.78, 5) is 67.5. The Hall–Kier alpha value is -5.34. The quantitative estimate of drug-likeness (QED) is 0.117. The van der Waals surface area contributed by atoms with Crippen molar-refractivity contribution in [2.24, 2.45) is 0 Å². The fourth-order valence-electron chi connectivity index (χ4n) is 7.42. The second-order valence-electron chi connectivity index (χ2n) is 12.7. The number of amides is 4. The molecule has 0 aliphatic carbocycles. The number of nitrogens with one attached hydrogen (secondary N) is 4. The molecule has 14 heteroatoms. The Kier molecular flexibility index (Phi) is 10.4. The molecule has 262 valence electrons. The molecular weight excluding hydrogens is 640 g/mol. The van der Waals surface area contributed by atoms with E-state index in [1.54, 1.807) is 12.4 Å². The zero-order valence-corrected chi connectivity index (χ0v) is 28.1. The number of imide groups is 2. The van der Waals surface area contributed by atoms with Crippen LogP contribution < -0.4 is 10.6 Å². The summed E-state index contributed by atoms with van der Waals surface area (Å²) in [5.41, 5.74) is 5.77. The van der Waals surface area contributed by atoms with Crippen LogP contribution in [0.4, 0.5) is 9.59 Å². The van der Waals surface area contributed by atoms with E-state index in [4.69, 9.17) is 10.2 Å². The molecule has 2 aromatic heterocycles. The number of likely N-dealkylation sites (tertiary alicyclic amines) is 2. The van der Waals surface area contributed by atoms with Crippen LogP contribution in [-0.4, -0.2) is 89.1 Å². The zero-order chi connectivity index (χ0) is 35.4. The molecule has 4 amide bonds. The van der Waals surface area contributed by atoms with E-state index in [2.05, 4.69) is 44.2 Å². The SMILES string of the molecule is CC[C@H](C(=O)NC(=O)O)N1CCC[C@H]1c1ncc(-c2ccc(-c3ccc(-c4cnc([C@@H]5CCCN5[C@H](CC)C(=O)NC(=O)O)[nH]4)cc3)cc2)[nH]1. The van der Waals surface area contributed by atoms with Crippen LogP contribution in [-0.2, 0) is 9.59 Å². The van der Waals surface area contributed by atoms with Gasteiger partial charge in [-0.2, -0.15) is 0 Å². The van der Waals surface area contributed by atoms with E-state index < -0.39 is 36.1 Å². The number of carbonyl (C=O) groups is 4. The van der Waals surface area contributed by atoms with Crippen LogP contribution in [0.1, 0.15) is 76.1 Å². The Morgan fingerprint density at radius 1 is 0.680 bits per heavy atom. The molecule has 0 saturated carbocycles. The second kappa shape index (κ2) is 15.0. The van der Waals surface area contributed by atoms with Crippen LogP contribution in [0.2, 0.25) is 0 Å². The fraction of sp³-hybridized carbons (Fsp3) is 0.389. The Morgan fingerprint density at radius 3 is 1.38 bits per heavy atom. The van der Waals surface area contributed by atoms with Gasteiger partial charge in [-0.1, -0.05) is 62.4 Å². The van der Waals surface area contributed by atoms with Crippen LogP contribution in [0, 0.1) is 0 Å². The van der Waals surface area contributed by atoms with E-state index >= 15 is 0 Å². The second-order valence-corrected chi connectivity index (χ2v) is 12.7. The van der Waals surface area contributed by atoms with E-state index in [-0.39, 0.29) is 12.1 Å². The topological polar surface area (TPSA) is 197 Å². The Labute approximate surface area is 289 Å². The van der Waals surface area contributed by atoms with Crippen molar-refractivity contribution in [1.82, 2.24) is 40.4 Å². The number of benzene rings is 2. The summed E-state index contributed by atoms with van der Waals surface area (Å²) >= 11 is 0. The first-order chi connectivity index (χ1) is 24.2. The predicted molar refractivity (Wildman–Crippen MR) is 185 cm³/mol. The van der Waals surface area contributed by atoms with Crippen LogP contribution in [0.5, 0.6) is 0 Å². The first-order valence-corrected chi connectivity index (χ1v) is 17.1. The van der Waals surface area contributed by atoms with Crippen molar-refractivity contribution in [3.05, 3.63) is 72.6 Å². The molecule has 2 aliphatic rings. The van der Waals surface area contributed by atoms with Crippen molar-refractivity contribution in [3.8, 4) is 33.6 Å². The average Bonchev–Trinajstić information content (AvgIpc) is 3.92. The van der Waals surface area contributed by atoms with Gasteiger partial charge in [-0.3, -0.25) is 30.0 Å². The number of nitrogens with zero attached hydrogens (tertiary/aromatic N) is 4. The van der Waals surface area contributed by atoms with Crippen molar-refractivity contribution in [2.75, 3.05) is 13.1 Å². The molecule has 2 aliphatic heterocycles. The minimum atomic E-state index is -1.35. The maximum absolute atomic E-state index is 12.6. The summed E-state index contributed by atoms with van der Waals surface area (Å²) in [7, 11) is 0. The molecule has 4 heterocycles. The summed E-state index contributed by atoms with van der Waals surface area (Å²) in [5, 5.41) is 22.1.